The van der Waals surface area contributed by atoms with E-state index in [4.69, 9.17) is 5.26 Å². The predicted molar refractivity (Wildman–Crippen MR) is 67.5 cm³/mol. The lowest BCUT2D eigenvalue weighted by atomic mass is 10.2. The Morgan fingerprint density at radius 1 is 1.53 bits per heavy atom. The summed E-state index contributed by atoms with van der Waals surface area (Å²) in [5.41, 5.74) is 1.12. The first-order chi connectivity index (χ1) is 7.26. The van der Waals surface area contributed by atoms with Crippen LogP contribution in [0.4, 0.5) is 0 Å². The third-order valence-electron chi connectivity index (χ3n) is 1.67. The number of thioether (sulfide) groups is 1. The number of hydrogen-bond donors (Lipinski definition) is 1. The summed E-state index contributed by atoms with van der Waals surface area (Å²) in [7, 11) is 0. The highest BCUT2D eigenvalue weighted by Gasteiger charge is 1.95. The Morgan fingerprint density at radius 2 is 2.20 bits per heavy atom. The summed E-state index contributed by atoms with van der Waals surface area (Å²) in [6, 6.07) is 7.94. The Labute approximate surface area is 102 Å². The van der Waals surface area contributed by atoms with Crippen LogP contribution in [0.15, 0.2) is 33.7 Å². The van der Waals surface area contributed by atoms with Crippen LogP contribution in [-0.4, -0.2) is 11.4 Å². The molecule has 0 saturated heterocycles. The molecule has 0 atom stereocenters. The van der Waals surface area contributed by atoms with Crippen molar-refractivity contribution in [1.29, 1.82) is 5.26 Å². The number of halogens is 1. The van der Waals surface area contributed by atoms with Gasteiger partial charge in [-0.2, -0.15) is 5.26 Å². The largest absolute Gasteiger partial charge is 0.272 e. The van der Waals surface area contributed by atoms with E-state index in [1.807, 2.05) is 36.7 Å². The Hall–Kier alpha value is -0.990. The van der Waals surface area contributed by atoms with Crippen molar-refractivity contribution in [3.63, 3.8) is 0 Å². The molecule has 0 spiro atoms. The summed E-state index contributed by atoms with van der Waals surface area (Å²) in [6.07, 6.45) is 3.73. The lowest BCUT2D eigenvalue weighted by molar-refractivity contribution is 1.05. The van der Waals surface area contributed by atoms with E-state index in [-0.39, 0.29) is 0 Å². The van der Waals surface area contributed by atoms with Crippen LogP contribution in [0.25, 0.3) is 0 Å². The molecule has 0 aromatic heterocycles. The van der Waals surface area contributed by atoms with Gasteiger partial charge in [0.25, 0.3) is 0 Å². The molecule has 78 valence electrons. The molecule has 0 aliphatic carbocycles. The van der Waals surface area contributed by atoms with Crippen LogP contribution >= 0.6 is 27.7 Å². The van der Waals surface area contributed by atoms with Crippen LogP contribution in [0.5, 0.6) is 0 Å². The van der Waals surface area contributed by atoms with Crippen molar-refractivity contribution in [2.75, 3.05) is 6.26 Å². The van der Waals surface area contributed by atoms with Gasteiger partial charge in [0.15, 0.2) is 11.4 Å². The van der Waals surface area contributed by atoms with Crippen LogP contribution in [0.2, 0.25) is 0 Å². The minimum atomic E-state index is 0.581. The van der Waals surface area contributed by atoms with Crippen LogP contribution in [-0.2, 0) is 6.54 Å². The zero-order chi connectivity index (χ0) is 11.1. The van der Waals surface area contributed by atoms with Gasteiger partial charge < -0.3 is 0 Å². The van der Waals surface area contributed by atoms with Gasteiger partial charge in [-0.3, -0.25) is 10.3 Å². The summed E-state index contributed by atoms with van der Waals surface area (Å²) in [5, 5.41) is 11.6. The third kappa shape index (κ3) is 4.36. The van der Waals surface area contributed by atoms with Crippen molar-refractivity contribution in [1.82, 2.24) is 5.32 Å². The molecule has 1 rings (SSSR count). The maximum atomic E-state index is 8.44. The van der Waals surface area contributed by atoms with E-state index in [2.05, 4.69) is 26.2 Å². The van der Waals surface area contributed by atoms with Crippen LogP contribution < -0.4 is 5.32 Å². The van der Waals surface area contributed by atoms with E-state index < -0.39 is 0 Å². The first-order valence-corrected chi connectivity index (χ1v) is 6.26. The minimum Gasteiger partial charge on any atom is -0.272 e. The van der Waals surface area contributed by atoms with E-state index in [0.29, 0.717) is 11.7 Å². The Kier molecular flexibility index (Phi) is 5.22. The highest BCUT2D eigenvalue weighted by Crippen LogP contribution is 2.11. The summed E-state index contributed by atoms with van der Waals surface area (Å²) >= 11 is 4.79. The van der Waals surface area contributed by atoms with Gasteiger partial charge in [0.1, 0.15) is 0 Å². The van der Waals surface area contributed by atoms with Gasteiger partial charge in [0.05, 0.1) is 6.54 Å². The van der Waals surface area contributed by atoms with E-state index in [1.165, 1.54) is 11.8 Å². The van der Waals surface area contributed by atoms with Gasteiger partial charge in [-0.1, -0.05) is 39.8 Å². The van der Waals surface area contributed by atoms with Crippen LogP contribution in [0.3, 0.4) is 0 Å². The Bertz CT molecular complexity index is 381. The monoisotopic (exact) mass is 283 g/mol. The molecule has 0 heterocycles. The number of rotatable bonds is 2. The van der Waals surface area contributed by atoms with E-state index in [1.54, 1.807) is 0 Å². The van der Waals surface area contributed by atoms with Gasteiger partial charge in [-0.15, -0.1) is 0 Å². The topological polar surface area (TPSA) is 48.2 Å². The molecular formula is C10H10BrN3S. The molecule has 0 amide bonds. The molecular weight excluding hydrogens is 274 g/mol. The summed E-state index contributed by atoms with van der Waals surface area (Å²) in [5.74, 6) is 0. The molecule has 0 radical (unpaired) electrons. The fourth-order valence-electron chi connectivity index (χ4n) is 0.956. The van der Waals surface area contributed by atoms with Crippen molar-refractivity contribution in [2.45, 2.75) is 6.54 Å². The smallest absolute Gasteiger partial charge is 0.183 e. The molecule has 1 N–H and O–H groups in total. The minimum absolute atomic E-state index is 0.581. The van der Waals surface area contributed by atoms with Crippen LogP contribution in [0.1, 0.15) is 5.56 Å². The second-order valence-corrected chi connectivity index (χ2v) is 4.40. The summed E-state index contributed by atoms with van der Waals surface area (Å²) in [4.78, 5) is 4.26. The number of nitrogens with one attached hydrogen (secondary N) is 1. The molecule has 5 heteroatoms. The average Bonchev–Trinajstić information content (AvgIpc) is 2.26. The van der Waals surface area contributed by atoms with Crippen molar-refractivity contribution in [2.24, 2.45) is 4.99 Å². The number of hydrogen-bond acceptors (Lipinski definition) is 3. The Morgan fingerprint density at radius 3 is 2.73 bits per heavy atom. The first kappa shape index (κ1) is 12.1. The lowest BCUT2D eigenvalue weighted by Crippen LogP contribution is -2.13. The molecule has 0 fully saturated rings. The predicted octanol–water partition coefficient (Wildman–Crippen LogP) is 2.74. The molecule has 3 nitrogen and oxygen atoms in total. The molecule has 0 saturated carbocycles. The lowest BCUT2D eigenvalue weighted by Gasteiger charge is -2.00. The van der Waals surface area contributed by atoms with Crippen molar-refractivity contribution in [3.05, 3.63) is 34.3 Å². The van der Waals surface area contributed by atoms with E-state index in [0.717, 1.165) is 10.0 Å². The van der Waals surface area contributed by atoms with Crippen molar-refractivity contribution >= 4 is 32.9 Å². The van der Waals surface area contributed by atoms with E-state index in [9.17, 15) is 0 Å². The number of nitriles is 1. The maximum Gasteiger partial charge on any atom is 0.183 e. The van der Waals surface area contributed by atoms with Crippen molar-refractivity contribution in [3.8, 4) is 6.19 Å². The highest BCUT2D eigenvalue weighted by atomic mass is 79.9. The Balaban J connectivity index is 2.62. The fraction of sp³-hybridized carbons (Fsp3) is 0.200. The summed E-state index contributed by atoms with van der Waals surface area (Å²) < 4.78 is 1.05. The molecule has 0 aliphatic heterocycles. The van der Waals surface area contributed by atoms with Crippen molar-refractivity contribution < 1.29 is 0 Å². The normalized spacial score (nSPS) is 10.9. The van der Waals surface area contributed by atoms with Gasteiger partial charge >= 0.3 is 0 Å². The number of amidine groups is 1. The molecule has 0 bridgehead atoms. The zero-order valence-electron chi connectivity index (χ0n) is 8.20. The van der Waals surface area contributed by atoms with Gasteiger partial charge in [-0.05, 0) is 24.0 Å². The second kappa shape index (κ2) is 6.49. The maximum absolute atomic E-state index is 8.44. The quantitative estimate of drug-likeness (QED) is 0.393. The molecule has 0 unspecified atom stereocenters. The van der Waals surface area contributed by atoms with Gasteiger partial charge in [0.2, 0.25) is 0 Å². The fourth-order valence-corrected chi connectivity index (χ4v) is 1.56. The number of nitrogens with zero attached hydrogens (tertiary/aromatic N) is 2. The summed E-state index contributed by atoms with van der Waals surface area (Å²) in [6.45, 7) is 0.581. The molecule has 1 aromatic rings. The SMILES string of the molecule is CSC(=NCc1ccc(Br)cc1)NC#N. The van der Waals surface area contributed by atoms with Gasteiger partial charge in [-0.25, -0.2) is 0 Å². The van der Waals surface area contributed by atoms with Gasteiger partial charge in [0, 0.05) is 4.47 Å². The van der Waals surface area contributed by atoms with E-state index >= 15 is 0 Å². The number of aliphatic imine (C=N–C) groups is 1. The average molecular weight is 284 g/mol. The second-order valence-electron chi connectivity index (χ2n) is 2.69. The number of benzene rings is 1. The first-order valence-electron chi connectivity index (χ1n) is 4.24. The molecule has 1 aromatic carbocycles. The molecule has 0 aliphatic rings. The van der Waals surface area contributed by atoms with Crippen LogP contribution in [0, 0.1) is 11.5 Å². The highest BCUT2D eigenvalue weighted by molar-refractivity contribution is 9.10. The standard InChI is InChI=1S/C10H10BrN3S/c1-15-10(14-7-12)13-6-8-2-4-9(11)5-3-8/h2-5H,6H2,1H3,(H,13,14). The molecule has 15 heavy (non-hydrogen) atoms. The zero-order valence-corrected chi connectivity index (χ0v) is 10.6. The third-order valence-corrected chi connectivity index (χ3v) is 2.82.